The average Bonchev–Trinajstić information content (AvgIpc) is 2.85. The summed E-state index contributed by atoms with van der Waals surface area (Å²) in [6.45, 7) is 3.83. The topological polar surface area (TPSA) is 35.5 Å². The summed E-state index contributed by atoms with van der Waals surface area (Å²) in [7, 11) is 1.20. The van der Waals surface area contributed by atoms with Crippen molar-refractivity contribution in [2.75, 3.05) is 7.11 Å². The van der Waals surface area contributed by atoms with Gasteiger partial charge in [-0.2, -0.15) is 8.78 Å². The second-order valence-corrected chi connectivity index (χ2v) is 9.60. The lowest BCUT2D eigenvalue weighted by atomic mass is 9.63. The zero-order chi connectivity index (χ0) is 24.2. The fourth-order valence-corrected chi connectivity index (χ4v) is 5.76. The van der Waals surface area contributed by atoms with Gasteiger partial charge in [0.15, 0.2) is 11.5 Å². The molecule has 34 heavy (non-hydrogen) atoms. The van der Waals surface area contributed by atoms with E-state index in [0.29, 0.717) is 5.92 Å². The number of ether oxygens (including phenoxy) is 2. The number of fused-ring (bicyclic) bond motifs is 1. The molecule has 182 valence electrons. The van der Waals surface area contributed by atoms with E-state index in [9.17, 15) is 18.0 Å². The Labute approximate surface area is 199 Å². The predicted octanol–water partition coefficient (Wildman–Crippen LogP) is 7.60. The molecule has 4 unspecified atom stereocenters. The van der Waals surface area contributed by atoms with E-state index in [1.165, 1.54) is 44.9 Å². The molecule has 2 aliphatic rings. The molecule has 4 rings (SSSR count). The van der Waals surface area contributed by atoms with Crippen LogP contribution in [-0.2, 0) is 0 Å². The van der Waals surface area contributed by atoms with Gasteiger partial charge in [0, 0.05) is 0 Å². The van der Waals surface area contributed by atoms with Crippen LogP contribution in [0.25, 0.3) is 0 Å². The third kappa shape index (κ3) is 5.16. The summed E-state index contributed by atoms with van der Waals surface area (Å²) in [5.74, 6) is -2.88. The number of allylic oxidation sites excluding steroid dienone is 1. The molecule has 0 aliphatic heterocycles. The average molecular weight is 473 g/mol. The second kappa shape index (κ2) is 10.7. The molecular formula is C28H31F3O3. The molecule has 3 nitrogen and oxygen atoms in total. The standard InChI is InChI=1S/C28H31F3O3/c1-3-4-5-17-6-7-19-15-20(9-8-18(19)14-17)21-10-11-22(23(29)16-21)28(32)34-25-13-12-24(33-2)26(30)27(25)31/h3,10-13,16-20H,1,4-9,14-15H2,2H3. The fourth-order valence-electron chi connectivity index (χ4n) is 5.76. The smallest absolute Gasteiger partial charge is 0.346 e. The molecule has 2 fully saturated rings. The van der Waals surface area contributed by atoms with Gasteiger partial charge in [-0.25, -0.2) is 9.18 Å². The molecule has 2 aromatic carbocycles. The lowest BCUT2D eigenvalue weighted by molar-refractivity contribution is 0.0721. The Hall–Kier alpha value is -2.76. The summed E-state index contributed by atoms with van der Waals surface area (Å²) in [6, 6.07) is 6.74. The van der Waals surface area contributed by atoms with E-state index >= 15 is 0 Å². The first-order valence-electron chi connectivity index (χ1n) is 12.1. The van der Waals surface area contributed by atoms with Crippen molar-refractivity contribution in [3.8, 4) is 11.5 Å². The van der Waals surface area contributed by atoms with E-state index in [4.69, 9.17) is 9.47 Å². The first kappa shape index (κ1) is 24.4. The van der Waals surface area contributed by atoms with Crippen LogP contribution in [0.4, 0.5) is 13.2 Å². The van der Waals surface area contributed by atoms with Gasteiger partial charge in [0.05, 0.1) is 12.7 Å². The van der Waals surface area contributed by atoms with Crippen molar-refractivity contribution in [3.63, 3.8) is 0 Å². The van der Waals surface area contributed by atoms with Crippen LogP contribution in [0.2, 0.25) is 0 Å². The van der Waals surface area contributed by atoms with Gasteiger partial charge in [0.1, 0.15) is 5.82 Å². The Kier molecular flexibility index (Phi) is 7.64. The molecule has 0 saturated heterocycles. The van der Waals surface area contributed by atoms with Crippen LogP contribution in [0.5, 0.6) is 11.5 Å². The summed E-state index contributed by atoms with van der Waals surface area (Å²) in [6.07, 6.45) is 11.3. The van der Waals surface area contributed by atoms with Crippen LogP contribution in [0.15, 0.2) is 43.0 Å². The molecule has 0 radical (unpaired) electrons. The highest BCUT2D eigenvalue weighted by molar-refractivity contribution is 5.91. The second-order valence-electron chi connectivity index (χ2n) is 9.60. The zero-order valence-corrected chi connectivity index (χ0v) is 19.5. The maximum Gasteiger partial charge on any atom is 0.346 e. The van der Waals surface area contributed by atoms with Crippen molar-refractivity contribution in [2.24, 2.45) is 17.8 Å². The van der Waals surface area contributed by atoms with Crippen molar-refractivity contribution < 1.29 is 27.4 Å². The highest BCUT2D eigenvalue weighted by atomic mass is 19.2. The van der Waals surface area contributed by atoms with Crippen molar-refractivity contribution >= 4 is 5.97 Å². The van der Waals surface area contributed by atoms with Gasteiger partial charge in [-0.15, -0.1) is 6.58 Å². The monoisotopic (exact) mass is 472 g/mol. The molecule has 0 amide bonds. The predicted molar refractivity (Wildman–Crippen MR) is 125 cm³/mol. The van der Waals surface area contributed by atoms with Gasteiger partial charge >= 0.3 is 5.97 Å². The van der Waals surface area contributed by atoms with Gasteiger partial charge in [0.2, 0.25) is 11.6 Å². The van der Waals surface area contributed by atoms with Crippen LogP contribution in [0, 0.1) is 35.2 Å². The molecule has 2 aliphatic carbocycles. The normalized spacial score (nSPS) is 24.2. The van der Waals surface area contributed by atoms with Crippen LogP contribution in [-0.4, -0.2) is 13.1 Å². The number of benzene rings is 2. The van der Waals surface area contributed by atoms with Crippen molar-refractivity contribution in [1.29, 1.82) is 0 Å². The van der Waals surface area contributed by atoms with Gasteiger partial charge in [-0.3, -0.25) is 0 Å². The number of rotatable bonds is 7. The molecule has 0 heterocycles. The highest BCUT2D eigenvalue weighted by Gasteiger charge is 2.36. The SMILES string of the molecule is C=CCCC1CCC2CC(c3ccc(C(=O)Oc4ccc(OC)c(F)c4F)c(F)c3)CCC2C1. The van der Waals surface area contributed by atoms with Gasteiger partial charge in [-0.05, 0) is 98.4 Å². The van der Waals surface area contributed by atoms with E-state index in [2.05, 4.69) is 6.58 Å². The van der Waals surface area contributed by atoms with Crippen LogP contribution in [0.3, 0.4) is 0 Å². The minimum atomic E-state index is -1.36. The van der Waals surface area contributed by atoms with E-state index in [1.54, 1.807) is 6.07 Å². The van der Waals surface area contributed by atoms with Gasteiger partial charge in [-0.1, -0.05) is 18.6 Å². The maximum atomic E-state index is 14.9. The van der Waals surface area contributed by atoms with E-state index in [1.807, 2.05) is 6.08 Å². The van der Waals surface area contributed by atoms with E-state index in [0.717, 1.165) is 55.2 Å². The Balaban J connectivity index is 1.40. The number of halogens is 3. The molecule has 6 heteroatoms. The van der Waals surface area contributed by atoms with Crippen molar-refractivity contribution in [1.82, 2.24) is 0 Å². The number of carbonyl (C=O) groups excluding carboxylic acids is 1. The van der Waals surface area contributed by atoms with Crippen molar-refractivity contribution in [2.45, 2.75) is 57.3 Å². The third-order valence-electron chi connectivity index (χ3n) is 7.62. The maximum absolute atomic E-state index is 14.9. The number of hydrogen-bond donors (Lipinski definition) is 0. The summed E-state index contributed by atoms with van der Waals surface area (Å²) < 4.78 is 52.5. The Bertz CT molecular complexity index is 1050. The van der Waals surface area contributed by atoms with Crippen LogP contribution in [0.1, 0.15) is 73.2 Å². The largest absolute Gasteiger partial charge is 0.494 e. The minimum Gasteiger partial charge on any atom is -0.494 e. The lowest BCUT2D eigenvalue weighted by Crippen LogP contribution is -2.30. The molecule has 4 atom stereocenters. The number of carbonyl (C=O) groups is 1. The molecule has 0 N–H and O–H groups in total. The quantitative estimate of drug-likeness (QED) is 0.236. The van der Waals surface area contributed by atoms with E-state index in [-0.39, 0.29) is 17.2 Å². The summed E-state index contributed by atoms with van der Waals surface area (Å²) >= 11 is 0. The Morgan fingerprint density at radius 2 is 1.71 bits per heavy atom. The zero-order valence-electron chi connectivity index (χ0n) is 19.5. The summed E-state index contributed by atoms with van der Waals surface area (Å²) in [5, 5.41) is 0. The highest BCUT2D eigenvalue weighted by Crippen LogP contribution is 2.48. The summed E-state index contributed by atoms with van der Waals surface area (Å²) in [5.41, 5.74) is 0.568. The lowest BCUT2D eigenvalue weighted by Gasteiger charge is -2.42. The van der Waals surface area contributed by atoms with Crippen LogP contribution >= 0.6 is 0 Å². The first-order valence-corrected chi connectivity index (χ1v) is 12.1. The third-order valence-corrected chi connectivity index (χ3v) is 7.62. The summed E-state index contributed by atoms with van der Waals surface area (Å²) in [4.78, 5) is 12.4. The van der Waals surface area contributed by atoms with Crippen LogP contribution < -0.4 is 9.47 Å². The Morgan fingerprint density at radius 3 is 2.44 bits per heavy atom. The molecule has 2 aromatic rings. The van der Waals surface area contributed by atoms with Gasteiger partial charge in [0.25, 0.3) is 0 Å². The molecule has 0 bridgehead atoms. The molecule has 0 spiro atoms. The molecule has 2 saturated carbocycles. The molecule has 0 aromatic heterocycles. The van der Waals surface area contributed by atoms with Gasteiger partial charge < -0.3 is 9.47 Å². The number of esters is 1. The van der Waals surface area contributed by atoms with Crippen molar-refractivity contribution in [3.05, 3.63) is 71.6 Å². The fraction of sp³-hybridized carbons (Fsp3) is 0.464. The molecular weight excluding hydrogens is 441 g/mol. The Morgan fingerprint density at radius 1 is 1.00 bits per heavy atom. The number of methoxy groups -OCH3 is 1. The first-order chi connectivity index (χ1) is 16.4. The van der Waals surface area contributed by atoms with E-state index < -0.39 is 29.2 Å². The minimum absolute atomic E-state index is 0.263. The number of hydrogen-bond acceptors (Lipinski definition) is 3.